The Bertz CT molecular complexity index is 2210. The van der Waals surface area contributed by atoms with Crippen LogP contribution in [0.4, 0.5) is 0 Å². The zero-order valence-corrected chi connectivity index (χ0v) is 89.9. The van der Waals surface area contributed by atoms with Crippen molar-refractivity contribution in [2.45, 2.75) is 474 Å². The minimum absolute atomic E-state index is 0.623. The molecule has 0 bridgehead atoms. The number of piperazine rings is 1. The molecule has 0 aromatic heterocycles. The van der Waals surface area contributed by atoms with Crippen molar-refractivity contribution < 1.29 is 4.74 Å². The summed E-state index contributed by atoms with van der Waals surface area (Å²) in [5, 5.41) is 43.5. The molecule has 0 aromatic carbocycles. The highest BCUT2D eigenvalue weighted by atomic mass is 32.2. The Morgan fingerprint density at radius 1 is 0.263 bits per heavy atom. The van der Waals surface area contributed by atoms with Crippen LogP contribution in [-0.4, -0.2) is 230 Å². The minimum Gasteiger partial charge on any atom is -0.389 e. The third kappa shape index (κ3) is 59.0. The Labute approximate surface area is 831 Å². The van der Waals surface area contributed by atoms with Crippen LogP contribution in [0.2, 0.25) is 0 Å². The molecule has 6 spiro atoms. The zero-order chi connectivity index (χ0) is 93.5. The minimum atomic E-state index is 0.623. The molecule has 9 saturated carbocycles. The molecule has 15 saturated heterocycles. The number of hydrogen-bond donors (Lipinski definition) is 13. The molecular weight excluding hydrogens is 1650 g/mol. The Balaban J connectivity index is 0.000000193. The van der Waals surface area contributed by atoms with Crippen molar-refractivity contribution in [2.24, 2.45) is 33.0 Å². The molecule has 0 atom stereocenters. The van der Waals surface area contributed by atoms with Crippen molar-refractivity contribution in [2.75, 3.05) is 208 Å². The van der Waals surface area contributed by atoms with Gasteiger partial charge >= 0.3 is 0 Å². The summed E-state index contributed by atoms with van der Waals surface area (Å²) in [6.45, 7) is 45.4. The Morgan fingerprint density at radius 2 is 0.549 bits per heavy atom. The molecular formula is C116H231N15OS. The predicted octanol–water partition coefficient (Wildman–Crippen LogP) is 24.4. The summed E-state index contributed by atoms with van der Waals surface area (Å²) in [6.07, 6.45) is 107. The van der Waals surface area contributed by atoms with E-state index in [9.17, 15) is 0 Å². The number of ether oxygens (including phenoxy) is 1. The van der Waals surface area contributed by atoms with Crippen LogP contribution in [0.15, 0.2) is 25.6 Å². The van der Waals surface area contributed by atoms with Crippen molar-refractivity contribution in [3.05, 3.63) is 25.6 Å². The van der Waals surface area contributed by atoms with Crippen molar-refractivity contribution in [1.82, 2.24) is 78.9 Å². The topological polar surface area (TPSA) is 172 Å². The van der Waals surface area contributed by atoms with Crippen LogP contribution in [0.1, 0.15) is 463 Å². The lowest BCUT2D eigenvalue weighted by atomic mass is 9.65. The van der Waals surface area contributed by atoms with Crippen LogP contribution in [0, 0.1) is 33.0 Å². The number of nitrogens with zero attached hydrogens (tertiary/aromatic N) is 2. The third-order valence-electron chi connectivity index (χ3n) is 34.2. The maximum atomic E-state index is 5.07. The van der Waals surface area contributed by atoms with Gasteiger partial charge in [-0.05, 0) is 367 Å². The molecule has 0 radical (unpaired) electrons. The fourth-order valence-corrected chi connectivity index (χ4v) is 25.0. The second-order valence-electron chi connectivity index (χ2n) is 46.1. The van der Waals surface area contributed by atoms with E-state index in [4.69, 9.17) is 4.74 Å². The van der Waals surface area contributed by atoms with Gasteiger partial charge in [-0.2, -0.15) is 11.8 Å². The number of piperidine rings is 6. The monoisotopic (exact) mass is 1880 g/mol. The lowest BCUT2D eigenvalue weighted by Gasteiger charge is -2.49. The van der Waals surface area contributed by atoms with Crippen LogP contribution >= 0.6 is 11.8 Å². The van der Waals surface area contributed by atoms with Crippen LogP contribution in [0.25, 0.3) is 0 Å². The smallest absolute Gasteiger partial charge is 0.0466 e. The first-order valence-electron chi connectivity index (χ1n) is 59.7. The SMILES string of the molecule is C1CC2(C1)CNC2.C1CCC2(C1)CCNCC2.C1CCC2(C1)CNC2.C1CCC2(CC1)CCCN2.C1CCC2(CC1)CNC2.C1CCC2(CC1)CNC2.C1CCCC1.C1CCCCC1.C1CCCCCC1.C1CCCNCC1.C1CCNCC1.C1CCNCC1.C1CCOCC1.C1CCSCC1.C=CN1CCCCC1.C=CNC1CCNCC1.CC1CCNCC1.CN1CCNCC1. The molecule has 24 aliphatic rings. The molecule has 133 heavy (non-hydrogen) atoms. The van der Waals surface area contributed by atoms with Gasteiger partial charge < -0.3 is 83.7 Å². The first-order chi connectivity index (χ1) is 65.6. The molecule has 15 heterocycles. The number of likely N-dealkylation sites (tertiary alicyclic amines) is 1. The first kappa shape index (κ1) is 119. The lowest BCUT2D eigenvalue weighted by molar-refractivity contribution is 0.0603. The molecule has 13 N–H and O–H groups in total. The van der Waals surface area contributed by atoms with Gasteiger partial charge in [0.1, 0.15) is 0 Å². The van der Waals surface area contributed by atoms with Gasteiger partial charge in [-0.15, -0.1) is 0 Å². The predicted molar refractivity (Wildman–Crippen MR) is 586 cm³/mol. The van der Waals surface area contributed by atoms with E-state index in [1.165, 1.54) is 618 Å². The molecule has 9 aliphatic carbocycles. The molecule has 0 aromatic rings. The van der Waals surface area contributed by atoms with Crippen molar-refractivity contribution in [1.29, 1.82) is 0 Å². The van der Waals surface area contributed by atoms with E-state index in [0.29, 0.717) is 11.6 Å². The maximum absolute atomic E-state index is 5.07. The highest BCUT2D eigenvalue weighted by Crippen LogP contribution is 2.46. The fraction of sp³-hybridized carbons (Fsp3) is 0.966. The van der Waals surface area contributed by atoms with E-state index in [-0.39, 0.29) is 0 Å². The van der Waals surface area contributed by atoms with Gasteiger partial charge in [0.2, 0.25) is 0 Å². The average Bonchev–Trinajstić information content (AvgIpc) is 1.19. The summed E-state index contributed by atoms with van der Waals surface area (Å²) in [6, 6.07) is 0.670. The van der Waals surface area contributed by atoms with Gasteiger partial charge in [0.25, 0.3) is 0 Å². The third-order valence-corrected chi connectivity index (χ3v) is 35.4. The first-order valence-corrected chi connectivity index (χ1v) is 60.9. The van der Waals surface area contributed by atoms with Gasteiger partial charge in [0.05, 0.1) is 0 Å². The summed E-state index contributed by atoms with van der Waals surface area (Å²) < 4.78 is 5.07. The Morgan fingerprint density at radius 3 is 0.789 bits per heavy atom. The standard InChI is InChI=1S/2C9H17N.2C8H15N.C7H14N2.2C7H13N.C7H14.C6H11N.2C6H13N.C6H12.C5H12N2.2C5H11N.C5H10O.C5H10S.C5H10/c1-2-5-9(6-3-1)7-4-8-10-9;1-2-4-9(3-1)5-7-10-8-6-9;2*1-2-4-8(5-3-1)6-9-7-8;1-2-9-7-3-5-8-6-4-7;1-2-4-7(3-1)5-8-6-7;1-2-8-6-4-3-5-7-8;1-2-4-6-7-5-3-1;1-2-6(3-1)4-7-5-6;1-6-2-4-7-5-3-6;1-2-4-6-7-5-3-1;1-2-4-6-5-3-1;1-7-4-2-6-3-5-7;4*1-2-4-6-5-3-1;1-2-4-5-3-1/h2*10H,1-8H2;2*9H,1-7H2;2,7-9H,1,3-6H2;8H,1-6H2;2H,1,3-7H2;1-7H2;7H,1-5H2;6-7H,2-5H2,1H3;7H,1-6H2;1-6H2;6H,2-5H2,1H3;2*6H,1-5H2;2*1-5H2;1-5H2. The van der Waals surface area contributed by atoms with E-state index in [0.717, 1.165) is 72.4 Å². The van der Waals surface area contributed by atoms with E-state index in [1.807, 2.05) is 6.20 Å². The summed E-state index contributed by atoms with van der Waals surface area (Å²) >= 11 is 2.09. The second-order valence-corrected chi connectivity index (χ2v) is 47.3. The molecule has 24 rings (SSSR count). The number of likely N-dealkylation sites (N-methyl/N-ethyl adjacent to an activating group) is 1. The molecule has 16 nitrogen and oxygen atoms in total. The van der Waals surface area contributed by atoms with Crippen LogP contribution in [0.5, 0.6) is 0 Å². The van der Waals surface area contributed by atoms with Gasteiger partial charge in [-0.25, -0.2) is 0 Å². The number of nitrogens with one attached hydrogen (secondary N) is 13. The van der Waals surface area contributed by atoms with E-state index < -0.39 is 0 Å². The second kappa shape index (κ2) is 80.2. The molecule has 0 amide bonds. The molecule has 15 aliphatic heterocycles. The van der Waals surface area contributed by atoms with Crippen molar-refractivity contribution in [3.8, 4) is 0 Å². The van der Waals surface area contributed by atoms with E-state index >= 15 is 0 Å². The maximum Gasteiger partial charge on any atom is 0.0466 e. The molecule has 24 fully saturated rings. The average molecular weight is 1880 g/mol. The van der Waals surface area contributed by atoms with Crippen molar-refractivity contribution >= 4 is 11.8 Å². The molecule has 0 unspecified atom stereocenters. The van der Waals surface area contributed by atoms with E-state index in [1.54, 1.807) is 6.20 Å². The van der Waals surface area contributed by atoms with Gasteiger partial charge in [-0.3, -0.25) is 0 Å². The largest absolute Gasteiger partial charge is 0.389 e. The number of hydrogen-bond acceptors (Lipinski definition) is 17. The molecule has 782 valence electrons. The number of thioether (sulfide) groups is 1. The van der Waals surface area contributed by atoms with Crippen molar-refractivity contribution in [3.63, 3.8) is 0 Å². The fourth-order valence-electron chi connectivity index (χ4n) is 24.0. The zero-order valence-electron chi connectivity index (χ0n) is 89.1. The van der Waals surface area contributed by atoms with Crippen LogP contribution < -0.4 is 69.1 Å². The van der Waals surface area contributed by atoms with Crippen LogP contribution in [-0.2, 0) is 4.74 Å². The normalized spacial score (nSPS) is 27.0. The quantitative estimate of drug-likeness (QED) is 0.120. The van der Waals surface area contributed by atoms with Gasteiger partial charge in [-0.1, -0.05) is 258 Å². The summed E-state index contributed by atoms with van der Waals surface area (Å²) in [5.74, 6) is 3.81. The highest BCUT2D eigenvalue weighted by Gasteiger charge is 2.43. The summed E-state index contributed by atoms with van der Waals surface area (Å²) in [4.78, 5) is 4.61. The van der Waals surface area contributed by atoms with E-state index in [2.05, 4.69) is 118 Å². The number of rotatable bonds is 3. The summed E-state index contributed by atoms with van der Waals surface area (Å²) in [7, 11) is 2.15. The Hall–Kier alpha value is -1.13. The summed E-state index contributed by atoms with van der Waals surface area (Å²) in [5.41, 5.74) is 4.65. The van der Waals surface area contributed by atoms with Gasteiger partial charge in [0, 0.05) is 116 Å². The van der Waals surface area contributed by atoms with Crippen LogP contribution in [0.3, 0.4) is 0 Å². The van der Waals surface area contributed by atoms with Gasteiger partial charge in [0.15, 0.2) is 0 Å². The Kier molecular flexibility index (Phi) is 71.7. The lowest BCUT2D eigenvalue weighted by Crippen LogP contribution is -2.57. The highest BCUT2D eigenvalue weighted by molar-refractivity contribution is 7.99. The molecule has 17 heteroatoms.